The molecular weight excluding hydrogens is 688 g/mol. The van der Waals surface area contributed by atoms with Crippen molar-refractivity contribution in [3.63, 3.8) is 0 Å². The number of allylic oxidation sites excluding steroid dienone is 2. The van der Waals surface area contributed by atoms with Crippen molar-refractivity contribution in [2.24, 2.45) is 0 Å². The molecule has 0 saturated heterocycles. The molecular formula is C44H44O10. The van der Waals surface area contributed by atoms with E-state index in [1.54, 1.807) is 77.0 Å². The van der Waals surface area contributed by atoms with Gasteiger partial charge < -0.3 is 37.9 Å². The molecule has 0 aromatic heterocycles. The maximum atomic E-state index is 13.4. The first-order chi connectivity index (χ1) is 26.0. The monoisotopic (exact) mass is 732 g/mol. The molecule has 0 unspecified atom stereocenters. The Morgan fingerprint density at radius 2 is 1.20 bits per heavy atom. The molecule has 0 saturated carbocycles. The van der Waals surface area contributed by atoms with Crippen LogP contribution < -0.4 is 37.9 Å². The van der Waals surface area contributed by atoms with Gasteiger partial charge in [-0.05, 0) is 111 Å². The van der Waals surface area contributed by atoms with Crippen LogP contribution in [0.15, 0.2) is 72.8 Å². The molecule has 0 bridgehead atoms. The smallest absolute Gasteiger partial charge is 0.185 e. The lowest BCUT2D eigenvalue weighted by molar-refractivity contribution is 0.103. The molecule has 10 heteroatoms. The number of methoxy groups -OCH3 is 6. The van der Waals surface area contributed by atoms with Gasteiger partial charge in [-0.25, -0.2) is 0 Å². The minimum atomic E-state index is -0.560. The number of ketones is 2. The summed E-state index contributed by atoms with van der Waals surface area (Å²) in [6.45, 7) is 4.34. The van der Waals surface area contributed by atoms with Crippen LogP contribution in [0, 0.1) is 0 Å². The molecule has 280 valence electrons. The average Bonchev–Trinajstić information content (AvgIpc) is 3.20. The molecule has 54 heavy (non-hydrogen) atoms. The second-order valence-electron chi connectivity index (χ2n) is 13.3. The fourth-order valence-corrected chi connectivity index (χ4v) is 6.65. The standard InChI is InChI=1S/C44H44O10/c1-44(2)18-17-32-42-30(19-29(43(32)54-44)10-14-35(46)27-12-16-37(48-4)41(23-27)52-8)20-31(25-53-42)33-21-28(38(49-5)24-39(33)50-6)9-13-34(45)26-11-15-36(47-3)40(22-26)51-7/h9-19,21-24,31H,20,25H2,1-8H3/b13-9+,14-10+/t31-/m0/s1. The second kappa shape index (κ2) is 15.8. The van der Waals surface area contributed by atoms with Gasteiger partial charge >= 0.3 is 0 Å². The topological polar surface area (TPSA) is 108 Å². The average molecular weight is 733 g/mol. The number of fused-ring (bicyclic) bond motifs is 3. The Morgan fingerprint density at radius 3 is 1.76 bits per heavy atom. The summed E-state index contributed by atoms with van der Waals surface area (Å²) in [6, 6.07) is 15.9. The van der Waals surface area contributed by atoms with Crippen LogP contribution in [0.1, 0.15) is 68.3 Å². The van der Waals surface area contributed by atoms with Gasteiger partial charge in [0.05, 0.1) is 54.8 Å². The minimum absolute atomic E-state index is 0.111. The maximum absolute atomic E-state index is 13.4. The summed E-state index contributed by atoms with van der Waals surface area (Å²) >= 11 is 0. The van der Waals surface area contributed by atoms with Crippen LogP contribution >= 0.6 is 0 Å². The van der Waals surface area contributed by atoms with Crippen LogP contribution in [-0.4, -0.2) is 66.4 Å². The highest BCUT2D eigenvalue weighted by molar-refractivity contribution is 6.08. The molecule has 0 N–H and O–H groups in total. The van der Waals surface area contributed by atoms with Crippen LogP contribution in [0.4, 0.5) is 0 Å². The summed E-state index contributed by atoms with van der Waals surface area (Å²) < 4.78 is 46.0. The Kier molecular flexibility index (Phi) is 11.0. The molecule has 0 fully saturated rings. The minimum Gasteiger partial charge on any atom is -0.496 e. The van der Waals surface area contributed by atoms with Crippen LogP contribution in [0.5, 0.6) is 46.0 Å². The van der Waals surface area contributed by atoms with Gasteiger partial charge in [0.25, 0.3) is 0 Å². The van der Waals surface area contributed by atoms with Crippen molar-refractivity contribution >= 4 is 29.8 Å². The largest absolute Gasteiger partial charge is 0.496 e. The lowest BCUT2D eigenvalue weighted by atomic mass is 9.85. The van der Waals surface area contributed by atoms with E-state index in [1.165, 1.54) is 26.4 Å². The first kappa shape index (κ1) is 37.6. The zero-order valence-electron chi connectivity index (χ0n) is 31.7. The van der Waals surface area contributed by atoms with Crippen LogP contribution in [-0.2, 0) is 6.42 Å². The van der Waals surface area contributed by atoms with E-state index < -0.39 is 5.60 Å². The second-order valence-corrected chi connectivity index (χ2v) is 13.3. The summed E-state index contributed by atoms with van der Waals surface area (Å²) in [5.74, 6) is 4.06. The molecule has 1 atom stereocenters. The number of ether oxygens (including phenoxy) is 8. The maximum Gasteiger partial charge on any atom is 0.185 e. The first-order valence-corrected chi connectivity index (χ1v) is 17.4. The Morgan fingerprint density at radius 1 is 0.648 bits per heavy atom. The van der Waals surface area contributed by atoms with Crippen molar-refractivity contribution < 1.29 is 47.5 Å². The molecule has 6 rings (SSSR count). The van der Waals surface area contributed by atoms with Gasteiger partial charge in [-0.3, -0.25) is 9.59 Å². The van der Waals surface area contributed by atoms with Gasteiger partial charge in [0, 0.05) is 39.8 Å². The molecule has 0 amide bonds. The number of rotatable bonds is 13. The molecule has 0 aliphatic carbocycles. The van der Waals surface area contributed by atoms with Gasteiger partial charge in [-0.1, -0.05) is 0 Å². The van der Waals surface area contributed by atoms with E-state index in [4.69, 9.17) is 37.9 Å². The van der Waals surface area contributed by atoms with Crippen molar-refractivity contribution in [1.82, 2.24) is 0 Å². The molecule has 2 aliphatic rings. The highest BCUT2D eigenvalue weighted by atomic mass is 16.5. The van der Waals surface area contributed by atoms with Crippen LogP contribution in [0.25, 0.3) is 18.2 Å². The van der Waals surface area contributed by atoms with E-state index in [0.29, 0.717) is 70.0 Å². The van der Waals surface area contributed by atoms with Crippen molar-refractivity contribution in [3.8, 4) is 46.0 Å². The van der Waals surface area contributed by atoms with Gasteiger partial charge in [-0.2, -0.15) is 0 Å². The van der Waals surface area contributed by atoms with Crippen LogP contribution in [0.2, 0.25) is 0 Å². The summed E-state index contributed by atoms with van der Waals surface area (Å²) in [5, 5.41) is 0. The predicted octanol–water partition coefficient (Wildman–Crippen LogP) is 8.43. The number of carbonyl (C=O) groups excluding carboxylic acids is 2. The molecule has 0 radical (unpaired) electrons. The van der Waals surface area contributed by atoms with E-state index in [1.807, 2.05) is 44.2 Å². The van der Waals surface area contributed by atoms with Gasteiger partial charge in [0.2, 0.25) is 0 Å². The predicted molar refractivity (Wildman–Crippen MR) is 207 cm³/mol. The zero-order chi connectivity index (χ0) is 38.6. The fourth-order valence-electron chi connectivity index (χ4n) is 6.65. The number of hydrogen-bond acceptors (Lipinski definition) is 10. The van der Waals surface area contributed by atoms with E-state index in [9.17, 15) is 9.59 Å². The van der Waals surface area contributed by atoms with Crippen molar-refractivity contribution in [3.05, 3.63) is 112 Å². The third kappa shape index (κ3) is 7.64. The van der Waals surface area contributed by atoms with Gasteiger partial charge in [0.15, 0.2) is 34.6 Å². The normalized spacial score (nSPS) is 15.4. The van der Waals surface area contributed by atoms with Crippen molar-refractivity contribution in [1.29, 1.82) is 0 Å². The summed E-state index contributed by atoms with van der Waals surface area (Å²) in [7, 11) is 9.35. The third-order valence-corrected chi connectivity index (χ3v) is 9.47. The molecule has 2 heterocycles. The molecule has 4 aromatic carbocycles. The summed E-state index contributed by atoms with van der Waals surface area (Å²) in [4.78, 5) is 26.6. The first-order valence-electron chi connectivity index (χ1n) is 17.4. The summed E-state index contributed by atoms with van der Waals surface area (Å²) in [6.07, 6.45) is 11.2. The quantitative estimate of drug-likeness (QED) is 0.0982. The van der Waals surface area contributed by atoms with Crippen LogP contribution in [0.3, 0.4) is 0 Å². The molecule has 10 nitrogen and oxygen atoms in total. The fraction of sp³-hybridized carbons (Fsp3) is 0.273. The molecule has 4 aromatic rings. The van der Waals surface area contributed by atoms with E-state index >= 15 is 0 Å². The number of hydrogen-bond donors (Lipinski definition) is 0. The molecule has 0 spiro atoms. The zero-order valence-corrected chi connectivity index (χ0v) is 31.7. The number of carbonyl (C=O) groups is 2. The SMILES string of the molecule is COc1cc(OC)c([C@@H]2COc3c(cc(/C=C/C(=O)c4ccc(OC)c(OC)c4)c4c3C=CC(C)(C)O4)C2)cc1/C=C/C(=O)c1ccc(OC)c(OC)c1. The Bertz CT molecular complexity index is 2170. The highest BCUT2D eigenvalue weighted by Gasteiger charge is 2.32. The van der Waals surface area contributed by atoms with Crippen molar-refractivity contribution in [2.45, 2.75) is 31.8 Å². The summed E-state index contributed by atoms with van der Waals surface area (Å²) in [5.41, 5.74) is 4.48. The van der Waals surface area contributed by atoms with Crippen molar-refractivity contribution in [2.75, 3.05) is 49.3 Å². The van der Waals surface area contributed by atoms with Gasteiger partial charge in [-0.15, -0.1) is 0 Å². The Labute approximate surface area is 315 Å². The Hall–Kier alpha value is -6.16. The van der Waals surface area contributed by atoms with Gasteiger partial charge in [0.1, 0.15) is 28.6 Å². The third-order valence-electron chi connectivity index (χ3n) is 9.47. The van der Waals surface area contributed by atoms with E-state index in [0.717, 1.165) is 28.0 Å². The lowest BCUT2D eigenvalue weighted by Crippen LogP contribution is -2.29. The van der Waals surface area contributed by atoms with E-state index in [2.05, 4.69) is 0 Å². The molecule has 2 aliphatic heterocycles. The number of benzene rings is 4. The highest BCUT2D eigenvalue weighted by Crippen LogP contribution is 2.47. The Balaban J connectivity index is 1.33. The lowest BCUT2D eigenvalue weighted by Gasteiger charge is -2.34. The van der Waals surface area contributed by atoms with E-state index in [-0.39, 0.29) is 17.5 Å².